The molecule has 1 saturated carbocycles. The van der Waals surface area contributed by atoms with Gasteiger partial charge in [-0.2, -0.15) is 0 Å². The second-order valence-electron chi connectivity index (χ2n) is 4.10. The topological polar surface area (TPSA) is 87.7 Å². The number of urea groups is 1. The van der Waals surface area contributed by atoms with Gasteiger partial charge in [-0.3, -0.25) is 0 Å². The maximum absolute atomic E-state index is 11.4. The number of aliphatic carboxylic acids is 1. The van der Waals surface area contributed by atoms with Gasteiger partial charge in [0, 0.05) is 19.8 Å². The molecule has 0 aliphatic heterocycles. The molecule has 1 unspecified atom stereocenters. The van der Waals surface area contributed by atoms with Crippen molar-refractivity contribution in [1.82, 2.24) is 10.6 Å². The van der Waals surface area contributed by atoms with Gasteiger partial charge in [0.1, 0.15) is 6.04 Å². The quantitative estimate of drug-likeness (QED) is 0.545. The van der Waals surface area contributed by atoms with E-state index in [0.717, 1.165) is 19.3 Å². The molecule has 1 rings (SSSR count). The third-order valence-corrected chi connectivity index (χ3v) is 2.60. The van der Waals surface area contributed by atoms with E-state index in [1.165, 1.54) is 0 Å². The number of carbonyl (C=O) groups is 2. The molecular formula is C11H20N2O4. The van der Waals surface area contributed by atoms with Gasteiger partial charge in [0.25, 0.3) is 0 Å². The highest BCUT2D eigenvalue weighted by atomic mass is 16.5. The molecule has 3 N–H and O–H groups in total. The largest absolute Gasteiger partial charge is 0.480 e. The van der Waals surface area contributed by atoms with Crippen molar-refractivity contribution in [2.75, 3.05) is 19.8 Å². The van der Waals surface area contributed by atoms with Crippen LogP contribution in [-0.4, -0.2) is 42.9 Å². The molecule has 0 aromatic heterocycles. The molecule has 0 heterocycles. The third-order valence-electron chi connectivity index (χ3n) is 2.60. The van der Waals surface area contributed by atoms with E-state index in [2.05, 4.69) is 10.6 Å². The summed E-state index contributed by atoms with van der Waals surface area (Å²) in [6.45, 7) is 3.66. The Bertz CT molecular complexity index is 266. The van der Waals surface area contributed by atoms with Gasteiger partial charge in [0.2, 0.25) is 0 Å². The minimum atomic E-state index is -0.961. The second kappa shape index (κ2) is 7.11. The van der Waals surface area contributed by atoms with Crippen LogP contribution in [0.4, 0.5) is 4.79 Å². The fourth-order valence-electron chi connectivity index (χ4n) is 1.52. The van der Waals surface area contributed by atoms with Crippen LogP contribution in [0.2, 0.25) is 0 Å². The summed E-state index contributed by atoms with van der Waals surface area (Å²) in [5.41, 5.74) is 0. The summed E-state index contributed by atoms with van der Waals surface area (Å²) in [6, 6.07) is -1.16. The molecule has 0 bridgehead atoms. The molecule has 0 spiro atoms. The van der Waals surface area contributed by atoms with Crippen LogP contribution in [-0.2, 0) is 9.53 Å². The van der Waals surface area contributed by atoms with Crippen LogP contribution in [0.15, 0.2) is 0 Å². The van der Waals surface area contributed by atoms with Crippen molar-refractivity contribution in [3.05, 3.63) is 0 Å². The Labute approximate surface area is 101 Å². The first-order chi connectivity index (χ1) is 8.15. The number of hydrogen-bond donors (Lipinski definition) is 3. The third kappa shape index (κ3) is 5.53. The fraction of sp³-hybridized carbons (Fsp3) is 0.818. The molecule has 6 nitrogen and oxygen atoms in total. The van der Waals surface area contributed by atoms with E-state index in [1.807, 2.05) is 6.92 Å². The van der Waals surface area contributed by atoms with Crippen LogP contribution >= 0.6 is 0 Å². The lowest BCUT2D eigenvalue weighted by Gasteiger charge is -2.14. The van der Waals surface area contributed by atoms with Crippen molar-refractivity contribution in [2.24, 2.45) is 5.92 Å². The van der Waals surface area contributed by atoms with E-state index >= 15 is 0 Å². The molecule has 1 aliphatic rings. The maximum Gasteiger partial charge on any atom is 0.326 e. The molecule has 0 radical (unpaired) electrons. The number of rotatable bonds is 8. The van der Waals surface area contributed by atoms with Crippen LogP contribution in [0.1, 0.15) is 26.2 Å². The molecule has 6 heteroatoms. The van der Waals surface area contributed by atoms with Crippen molar-refractivity contribution < 1.29 is 19.4 Å². The summed E-state index contributed by atoms with van der Waals surface area (Å²) < 4.78 is 5.12. The number of amides is 2. The molecule has 17 heavy (non-hydrogen) atoms. The first-order valence-corrected chi connectivity index (χ1v) is 6.00. The van der Waals surface area contributed by atoms with Crippen molar-refractivity contribution in [1.29, 1.82) is 0 Å². The molecule has 0 aromatic rings. The number of ether oxygens (including phenoxy) is 1. The van der Waals surface area contributed by atoms with E-state index in [9.17, 15) is 9.59 Å². The molecule has 1 aliphatic carbocycles. The summed E-state index contributed by atoms with van der Waals surface area (Å²) in [5, 5.41) is 14.0. The fourth-order valence-corrected chi connectivity index (χ4v) is 1.52. The standard InChI is InChI=1S/C11H20N2O4/c1-2-17-7-3-6-12-11(16)13-9(10(14)15)8-4-5-8/h8-9H,2-7H2,1H3,(H,14,15)(H2,12,13,16). The minimum Gasteiger partial charge on any atom is -0.480 e. The van der Waals surface area contributed by atoms with Gasteiger partial charge in [-0.05, 0) is 32.1 Å². The van der Waals surface area contributed by atoms with Gasteiger partial charge in [-0.25, -0.2) is 9.59 Å². The highest BCUT2D eigenvalue weighted by Gasteiger charge is 2.37. The average Bonchev–Trinajstić information content (AvgIpc) is 3.09. The average molecular weight is 244 g/mol. The molecular weight excluding hydrogens is 224 g/mol. The zero-order chi connectivity index (χ0) is 12.7. The van der Waals surface area contributed by atoms with E-state index in [-0.39, 0.29) is 5.92 Å². The van der Waals surface area contributed by atoms with Crippen molar-refractivity contribution in [2.45, 2.75) is 32.2 Å². The number of carboxylic acid groups (broad SMARTS) is 1. The van der Waals surface area contributed by atoms with Gasteiger partial charge < -0.3 is 20.5 Å². The summed E-state index contributed by atoms with van der Waals surface area (Å²) >= 11 is 0. The first kappa shape index (κ1) is 13.8. The van der Waals surface area contributed by atoms with Crippen LogP contribution in [0.5, 0.6) is 0 Å². The summed E-state index contributed by atoms with van der Waals surface area (Å²) in [6.07, 6.45) is 2.48. The highest BCUT2D eigenvalue weighted by molar-refractivity contribution is 5.83. The molecule has 98 valence electrons. The number of hydrogen-bond acceptors (Lipinski definition) is 3. The van der Waals surface area contributed by atoms with Gasteiger partial charge in [0.05, 0.1) is 0 Å². The maximum atomic E-state index is 11.4. The van der Waals surface area contributed by atoms with Gasteiger partial charge >= 0.3 is 12.0 Å². The van der Waals surface area contributed by atoms with Gasteiger partial charge in [-0.1, -0.05) is 0 Å². The zero-order valence-electron chi connectivity index (χ0n) is 10.1. The summed E-state index contributed by atoms with van der Waals surface area (Å²) in [5.74, 6) is -0.862. The SMILES string of the molecule is CCOCCCNC(=O)NC(C(=O)O)C1CC1. The minimum absolute atomic E-state index is 0.0988. The Balaban J connectivity index is 2.12. The lowest BCUT2D eigenvalue weighted by atomic mass is 10.2. The Kier molecular flexibility index (Phi) is 5.76. The zero-order valence-corrected chi connectivity index (χ0v) is 10.1. The van der Waals surface area contributed by atoms with Gasteiger partial charge in [0.15, 0.2) is 0 Å². The van der Waals surface area contributed by atoms with E-state index < -0.39 is 18.0 Å². The normalized spacial score (nSPS) is 16.3. The molecule has 2 amide bonds. The second-order valence-corrected chi connectivity index (χ2v) is 4.10. The Morgan fingerprint density at radius 1 is 1.47 bits per heavy atom. The van der Waals surface area contributed by atoms with Crippen LogP contribution < -0.4 is 10.6 Å². The van der Waals surface area contributed by atoms with E-state index in [4.69, 9.17) is 9.84 Å². The van der Waals surface area contributed by atoms with Gasteiger partial charge in [-0.15, -0.1) is 0 Å². The Morgan fingerprint density at radius 3 is 2.71 bits per heavy atom. The smallest absolute Gasteiger partial charge is 0.326 e. The number of carboxylic acids is 1. The van der Waals surface area contributed by atoms with Crippen LogP contribution in [0.3, 0.4) is 0 Å². The predicted octanol–water partition coefficient (Wildman–Crippen LogP) is 0.575. The monoisotopic (exact) mass is 244 g/mol. The predicted molar refractivity (Wildman–Crippen MR) is 61.8 cm³/mol. The Hall–Kier alpha value is -1.30. The first-order valence-electron chi connectivity index (χ1n) is 6.00. The van der Waals surface area contributed by atoms with Crippen LogP contribution in [0.25, 0.3) is 0 Å². The lowest BCUT2D eigenvalue weighted by molar-refractivity contribution is -0.139. The van der Waals surface area contributed by atoms with E-state index in [0.29, 0.717) is 19.8 Å². The summed E-state index contributed by atoms with van der Waals surface area (Å²) in [7, 11) is 0. The highest BCUT2D eigenvalue weighted by Crippen LogP contribution is 2.32. The molecule has 1 atom stereocenters. The molecule has 0 aromatic carbocycles. The lowest BCUT2D eigenvalue weighted by Crippen LogP contribution is -2.47. The molecule has 0 saturated heterocycles. The van der Waals surface area contributed by atoms with Crippen LogP contribution in [0, 0.1) is 5.92 Å². The van der Waals surface area contributed by atoms with Crippen molar-refractivity contribution >= 4 is 12.0 Å². The van der Waals surface area contributed by atoms with Crippen molar-refractivity contribution in [3.8, 4) is 0 Å². The Morgan fingerprint density at radius 2 is 2.18 bits per heavy atom. The molecule has 1 fully saturated rings. The number of carbonyl (C=O) groups excluding carboxylic acids is 1. The van der Waals surface area contributed by atoms with Crippen molar-refractivity contribution in [3.63, 3.8) is 0 Å². The number of nitrogens with one attached hydrogen (secondary N) is 2. The van der Waals surface area contributed by atoms with E-state index in [1.54, 1.807) is 0 Å². The summed E-state index contributed by atoms with van der Waals surface area (Å²) in [4.78, 5) is 22.3.